The van der Waals surface area contributed by atoms with Gasteiger partial charge in [0.2, 0.25) is 29.5 Å². The van der Waals surface area contributed by atoms with Gasteiger partial charge in [-0.1, -0.05) is 0 Å². The van der Waals surface area contributed by atoms with E-state index in [1.54, 1.807) is 0 Å². The SMILES string of the molecule is CC(O)C(NC(=O)C(N)CCC(N)=O)C(=O)NC(CC(N)=O)C(=O)NC(CC(=O)O)C(=O)O. The normalized spacial score (nSPS) is 15.1. The molecule has 0 aliphatic heterocycles. The maximum absolute atomic E-state index is 12.6. The predicted molar refractivity (Wildman–Crippen MR) is 108 cm³/mol. The van der Waals surface area contributed by atoms with Crippen molar-refractivity contribution in [2.75, 3.05) is 0 Å². The van der Waals surface area contributed by atoms with Crippen molar-refractivity contribution in [1.29, 1.82) is 0 Å². The lowest BCUT2D eigenvalue weighted by Crippen LogP contribution is -2.60. The Morgan fingerprint density at radius 2 is 1.33 bits per heavy atom. The Balaban J connectivity index is 5.44. The molecule has 5 unspecified atom stereocenters. The highest BCUT2D eigenvalue weighted by Crippen LogP contribution is 2.02. The first-order valence-electron chi connectivity index (χ1n) is 9.51. The van der Waals surface area contributed by atoms with Gasteiger partial charge in [-0.2, -0.15) is 0 Å². The molecule has 0 aliphatic rings. The van der Waals surface area contributed by atoms with Gasteiger partial charge >= 0.3 is 11.9 Å². The molecule has 0 saturated heterocycles. The van der Waals surface area contributed by atoms with Gasteiger partial charge in [0.05, 0.1) is 25.0 Å². The van der Waals surface area contributed by atoms with Gasteiger partial charge in [0.1, 0.15) is 18.1 Å². The average molecular weight is 476 g/mol. The van der Waals surface area contributed by atoms with Gasteiger partial charge in [-0.15, -0.1) is 0 Å². The van der Waals surface area contributed by atoms with E-state index in [-0.39, 0.29) is 12.8 Å². The molecule has 0 spiro atoms. The summed E-state index contributed by atoms with van der Waals surface area (Å²) in [5, 5.41) is 33.7. The Labute approximate surface area is 187 Å². The maximum Gasteiger partial charge on any atom is 0.326 e. The fourth-order valence-corrected chi connectivity index (χ4v) is 2.41. The molecule has 0 radical (unpaired) electrons. The maximum atomic E-state index is 12.6. The number of carbonyl (C=O) groups excluding carboxylic acids is 5. The zero-order valence-electron chi connectivity index (χ0n) is 17.6. The van der Waals surface area contributed by atoms with Crippen molar-refractivity contribution in [1.82, 2.24) is 16.0 Å². The molecule has 0 rings (SSSR count). The molecule has 0 saturated carbocycles. The Hall–Kier alpha value is -3.79. The van der Waals surface area contributed by atoms with E-state index >= 15 is 0 Å². The van der Waals surface area contributed by atoms with E-state index in [0.29, 0.717) is 0 Å². The minimum atomic E-state index is -1.88. The first kappa shape index (κ1) is 29.2. The summed E-state index contributed by atoms with van der Waals surface area (Å²) in [6, 6.07) is -6.57. The molecule has 16 heteroatoms. The van der Waals surface area contributed by atoms with Crippen molar-refractivity contribution in [3.8, 4) is 0 Å². The van der Waals surface area contributed by atoms with Gasteiger partial charge < -0.3 is 48.5 Å². The lowest BCUT2D eigenvalue weighted by molar-refractivity contribution is -0.147. The molecule has 0 bridgehead atoms. The number of hydrogen-bond acceptors (Lipinski definition) is 9. The van der Waals surface area contributed by atoms with Gasteiger partial charge in [0.15, 0.2) is 0 Å². The third kappa shape index (κ3) is 11.4. The molecule has 33 heavy (non-hydrogen) atoms. The third-order valence-electron chi connectivity index (χ3n) is 4.13. The number of carboxylic acids is 2. The van der Waals surface area contributed by atoms with Crippen LogP contribution in [0.15, 0.2) is 0 Å². The van der Waals surface area contributed by atoms with Crippen LogP contribution in [0.1, 0.15) is 32.6 Å². The number of nitrogens with one attached hydrogen (secondary N) is 3. The second-order valence-corrected chi connectivity index (χ2v) is 7.07. The molecule has 0 aromatic heterocycles. The van der Waals surface area contributed by atoms with Crippen molar-refractivity contribution in [2.45, 2.75) is 62.9 Å². The predicted octanol–water partition coefficient (Wildman–Crippen LogP) is -5.15. The van der Waals surface area contributed by atoms with Crippen LogP contribution in [0.4, 0.5) is 0 Å². The number of rotatable bonds is 15. The molecule has 0 aromatic carbocycles. The summed E-state index contributed by atoms with van der Waals surface area (Å²) in [5.41, 5.74) is 15.6. The summed E-state index contributed by atoms with van der Waals surface area (Å²) in [5.74, 6) is -8.36. The highest BCUT2D eigenvalue weighted by molar-refractivity contribution is 5.96. The zero-order valence-corrected chi connectivity index (χ0v) is 17.6. The van der Waals surface area contributed by atoms with Gasteiger partial charge in [-0.05, 0) is 13.3 Å². The molecule has 5 amide bonds. The number of hydrogen-bond donors (Lipinski definition) is 9. The van der Waals surface area contributed by atoms with Gasteiger partial charge in [0.25, 0.3) is 0 Å². The van der Waals surface area contributed by atoms with E-state index in [0.717, 1.165) is 6.92 Å². The molecule has 0 aromatic rings. The minimum absolute atomic E-state index is 0.151. The standard InChI is InChI=1S/C17H28N6O10/c1-6(24)13(23-14(29)7(18)2-3-10(19)25)16(31)21-8(4-11(20)26)15(30)22-9(17(32)33)5-12(27)28/h6-9,13,24H,2-5,18H2,1H3,(H2,19,25)(H2,20,26)(H,21,31)(H,22,30)(H,23,29)(H,27,28)(H,32,33). The van der Waals surface area contributed by atoms with E-state index < -0.39 is 84.6 Å². The third-order valence-corrected chi connectivity index (χ3v) is 4.13. The summed E-state index contributed by atoms with van der Waals surface area (Å²) in [7, 11) is 0. The number of aliphatic hydroxyl groups excluding tert-OH is 1. The smallest absolute Gasteiger partial charge is 0.326 e. The summed E-state index contributed by atoms with van der Waals surface area (Å²) in [6.07, 6.45) is -3.69. The van der Waals surface area contributed by atoms with Crippen LogP contribution in [-0.2, 0) is 33.6 Å². The number of aliphatic hydroxyl groups is 1. The van der Waals surface area contributed by atoms with Gasteiger partial charge in [-0.25, -0.2) is 4.79 Å². The quantitative estimate of drug-likeness (QED) is 0.108. The molecular weight excluding hydrogens is 448 g/mol. The molecule has 186 valence electrons. The Kier molecular flexibility index (Phi) is 12.0. The number of carboxylic acid groups (broad SMARTS) is 2. The summed E-state index contributed by atoms with van der Waals surface area (Å²) >= 11 is 0. The second-order valence-electron chi connectivity index (χ2n) is 7.07. The fraction of sp³-hybridized carbons (Fsp3) is 0.588. The van der Waals surface area contributed by atoms with E-state index in [9.17, 15) is 38.7 Å². The van der Waals surface area contributed by atoms with Crippen molar-refractivity contribution in [3.63, 3.8) is 0 Å². The van der Waals surface area contributed by atoms with Crippen LogP contribution in [0.3, 0.4) is 0 Å². The van der Waals surface area contributed by atoms with E-state index in [1.165, 1.54) is 0 Å². The first-order chi connectivity index (χ1) is 15.1. The summed E-state index contributed by atoms with van der Waals surface area (Å²) in [6.45, 7) is 1.12. The van der Waals surface area contributed by atoms with Crippen LogP contribution in [0.25, 0.3) is 0 Å². The second kappa shape index (κ2) is 13.6. The van der Waals surface area contributed by atoms with Crippen LogP contribution in [0, 0.1) is 0 Å². The number of aliphatic carboxylic acids is 2. The number of primary amides is 2. The van der Waals surface area contributed by atoms with E-state index in [2.05, 4.69) is 5.32 Å². The van der Waals surface area contributed by atoms with Gasteiger partial charge in [-0.3, -0.25) is 28.8 Å². The lowest BCUT2D eigenvalue weighted by Gasteiger charge is -2.25. The molecule has 0 fully saturated rings. The summed E-state index contributed by atoms with van der Waals surface area (Å²) in [4.78, 5) is 81.1. The van der Waals surface area contributed by atoms with Crippen molar-refractivity contribution >= 4 is 41.5 Å². The number of nitrogens with two attached hydrogens (primary N) is 3. The molecule has 12 N–H and O–H groups in total. The minimum Gasteiger partial charge on any atom is -0.481 e. The fourth-order valence-electron chi connectivity index (χ4n) is 2.41. The molecule has 0 aliphatic carbocycles. The van der Waals surface area contributed by atoms with Crippen molar-refractivity contribution in [3.05, 3.63) is 0 Å². The van der Waals surface area contributed by atoms with E-state index in [1.807, 2.05) is 10.6 Å². The first-order valence-corrected chi connectivity index (χ1v) is 9.51. The number of amides is 5. The zero-order chi connectivity index (χ0) is 25.9. The van der Waals surface area contributed by atoms with Crippen LogP contribution in [0.5, 0.6) is 0 Å². The Morgan fingerprint density at radius 3 is 1.76 bits per heavy atom. The molecule has 0 heterocycles. The van der Waals surface area contributed by atoms with Crippen LogP contribution in [0.2, 0.25) is 0 Å². The Bertz CT molecular complexity index is 786. The molecule has 5 atom stereocenters. The highest BCUT2D eigenvalue weighted by Gasteiger charge is 2.33. The highest BCUT2D eigenvalue weighted by atomic mass is 16.4. The van der Waals surface area contributed by atoms with Crippen molar-refractivity contribution in [2.24, 2.45) is 17.2 Å². The largest absolute Gasteiger partial charge is 0.481 e. The average Bonchev–Trinajstić information content (AvgIpc) is 2.67. The monoisotopic (exact) mass is 476 g/mol. The van der Waals surface area contributed by atoms with Crippen LogP contribution >= 0.6 is 0 Å². The number of carbonyl (C=O) groups is 7. The molecular formula is C17H28N6O10. The summed E-state index contributed by atoms with van der Waals surface area (Å²) < 4.78 is 0. The van der Waals surface area contributed by atoms with Gasteiger partial charge in [0, 0.05) is 6.42 Å². The molecule has 16 nitrogen and oxygen atoms in total. The Morgan fingerprint density at radius 1 is 0.788 bits per heavy atom. The topological polar surface area (TPSA) is 294 Å². The van der Waals surface area contributed by atoms with E-state index in [4.69, 9.17) is 27.4 Å². The van der Waals surface area contributed by atoms with Crippen molar-refractivity contribution < 1.29 is 48.9 Å². The lowest BCUT2D eigenvalue weighted by atomic mass is 10.1. The van der Waals surface area contributed by atoms with Crippen LogP contribution in [-0.4, -0.2) is 87.1 Å². The van der Waals surface area contributed by atoms with Crippen LogP contribution < -0.4 is 33.2 Å².